The summed E-state index contributed by atoms with van der Waals surface area (Å²) in [5.41, 5.74) is 1.80. The zero-order valence-corrected chi connectivity index (χ0v) is 10.6. The van der Waals surface area contributed by atoms with E-state index in [1.165, 1.54) is 0 Å². The van der Waals surface area contributed by atoms with Crippen LogP contribution in [0.5, 0.6) is 0 Å². The van der Waals surface area contributed by atoms with E-state index in [4.69, 9.17) is 5.26 Å². The number of hydrogen-bond acceptors (Lipinski definition) is 4. The van der Waals surface area contributed by atoms with Crippen LogP contribution in [0.4, 0.5) is 0 Å². The molecule has 2 aromatic rings. The lowest BCUT2D eigenvalue weighted by atomic mass is 10.3. The Morgan fingerprint density at radius 2 is 2.22 bits per heavy atom. The van der Waals surface area contributed by atoms with Crippen LogP contribution in [0.25, 0.3) is 0 Å². The summed E-state index contributed by atoms with van der Waals surface area (Å²) in [4.78, 5) is 0. The Morgan fingerprint density at radius 1 is 1.39 bits per heavy atom. The summed E-state index contributed by atoms with van der Waals surface area (Å²) in [5, 5.41) is 20.0. The zero-order chi connectivity index (χ0) is 13.0. The van der Waals surface area contributed by atoms with Crippen LogP contribution in [0.2, 0.25) is 0 Å². The van der Waals surface area contributed by atoms with Gasteiger partial charge >= 0.3 is 0 Å². The first-order valence-electron chi connectivity index (χ1n) is 5.79. The summed E-state index contributed by atoms with van der Waals surface area (Å²) in [6.07, 6.45) is 4.51. The van der Waals surface area contributed by atoms with Crippen molar-refractivity contribution in [2.24, 2.45) is 14.1 Å². The number of nitrogens with zero attached hydrogens (tertiary/aromatic N) is 5. The van der Waals surface area contributed by atoms with Gasteiger partial charge in [-0.15, -0.1) is 10.2 Å². The Hall–Kier alpha value is -2.13. The molecule has 0 bridgehead atoms. The van der Waals surface area contributed by atoms with E-state index in [1.807, 2.05) is 35.5 Å². The smallest absolute Gasteiger partial charge is 0.133 e. The summed E-state index contributed by atoms with van der Waals surface area (Å²) >= 11 is 0. The van der Waals surface area contributed by atoms with Crippen molar-refractivity contribution in [3.63, 3.8) is 0 Å². The Bertz CT molecular complexity index is 559. The molecule has 0 saturated heterocycles. The summed E-state index contributed by atoms with van der Waals surface area (Å²) in [5.74, 6) is 0.966. The van der Waals surface area contributed by atoms with E-state index in [9.17, 15) is 0 Å². The van der Waals surface area contributed by atoms with Crippen LogP contribution in [-0.2, 0) is 27.1 Å². The van der Waals surface area contributed by atoms with Gasteiger partial charge in [0, 0.05) is 39.8 Å². The molecule has 0 aliphatic rings. The molecule has 0 aliphatic heterocycles. The Balaban J connectivity index is 1.79. The molecular formula is C12H16N6. The van der Waals surface area contributed by atoms with E-state index >= 15 is 0 Å². The second kappa shape index (κ2) is 5.47. The van der Waals surface area contributed by atoms with Crippen molar-refractivity contribution in [2.75, 3.05) is 6.54 Å². The van der Waals surface area contributed by atoms with Crippen molar-refractivity contribution in [1.29, 1.82) is 5.26 Å². The summed E-state index contributed by atoms with van der Waals surface area (Å²) in [6, 6.07) is 4.05. The molecule has 1 N–H and O–H groups in total. The molecule has 0 aliphatic carbocycles. The largest absolute Gasteiger partial charge is 0.342 e. The quantitative estimate of drug-likeness (QED) is 0.771. The van der Waals surface area contributed by atoms with Gasteiger partial charge in [-0.1, -0.05) is 0 Å². The van der Waals surface area contributed by atoms with Gasteiger partial charge in [0.25, 0.3) is 0 Å². The van der Waals surface area contributed by atoms with E-state index in [-0.39, 0.29) is 0 Å². The predicted molar refractivity (Wildman–Crippen MR) is 66.5 cm³/mol. The van der Waals surface area contributed by atoms with E-state index in [1.54, 1.807) is 6.33 Å². The molecule has 0 amide bonds. The van der Waals surface area contributed by atoms with E-state index in [2.05, 4.69) is 21.6 Å². The molecule has 6 nitrogen and oxygen atoms in total. The number of nitrogens with one attached hydrogen (secondary N) is 1. The fraction of sp³-hybridized carbons (Fsp3) is 0.417. The average molecular weight is 244 g/mol. The molecule has 0 radical (unpaired) electrons. The minimum Gasteiger partial charge on any atom is -0.342 e. The van der Waals surface area contributed by atoms with Crippen molar-refractivity contribution in [2.45, 2.75) is 13.0 Å². The monoisotopic (exact) mass is 244 g/mol. The highest BCUT2D eigenvalue weighted by Crippen LogP contribution is 2.05. The van der Waals surface area contributed by atoms with Gasteiger partial charge in [-0.2, -0.15) is 5.26 Å². The van der Waals surface area contributed by atoms with Crippen molar-refractivity contribution >= 4 is 0 Å². The molecule has 0 fully saturated rings. The summed E-state index contributed by atoms with van der Waals surface area (Å²) in [6.45, 7) is 1.59. The lowest BCUT2D eigenvalue weighted by molar-refractivity contribution is 0.653. The molecule has 6 heteroatoms. The number of aryl methyl sites for hydroxylation is 2. The molecule has 0 atom stereocenters. The van der Waals surface area contributed by atoms with Crippen LogP contribution in [0.3, 0.4) is 0 Å². The van der Waals surface area contributed by atoms with Gasteiger partial charge in [-0.05, 0) is 11.6 Å². The minimum absolute atomic E-state index is 0.681. The van der Waals surface area contributed by atoms with Gasteiger partial charge in [-0.3, -0.25) is 0 Å². The predicted octanol–water partition coefficient (Wildman–Crippen LogP) is 0.358. The molecule has 0 spiro atoms. The van der Waals surface area contributed by atoms with E-state index in [0.717, 1.165) is 30.9 Å². The van der Waals surface area contributed by atoms with Gasteiger partial charge in [0.1, 0.15) is 23.9 Å². The van der Waals surface area contributed by atoms with Gasteiger partial charge in [-0.25, -0.2) is 0 Å². The van der Waals surface area contributed by atoms with Crippen LogP contribution in [-0.4, -0.2) is 25.9 Å². The molecule has 2 aromatic heterocycles. The summed E-state index contributed by atoms with van der Waals surface area (Å²) in [7, 11) is 3.81. The fourth-order valence-corrected chi connectivity index (χ4v) is 1.81. The molecule has 2 rings (SSSR count). The number of rotatable bonds is 5. The molecule has 0 aromatic carbocycles. The highest BCUT2D eigenvalue weighted by Gasteiger charge is 2.03. The number of nitriles is 1. The lowest BCUT2D eigenvalue weighted by Gasteiger charge is -2.02. The highest BCUT2D eigenvalue weighted by molar-refractivity contribution is 5.28. The number of hydrogen-bond donors (Lipinski definition) is 1. The SMILES string of the molecule is Cn1cc(CNCCc2nncn2C)cc1C#N. The molecular weight excluding hydrogens is 228 g/mol. The zero-order valence-electron chi connectivity index (χ0n) is 10.6. The maximum atomic E-state index is 8.85. The normalized spacial score (nSPS) is 10.5. The average Bonchev–Trinajstić information content (AvgIpc) is 2.91. The second-order valence-corrected chi connectivity index (χ2v) is 4.24. The van der Waals surface area contributed by atoms with Gasteiger partial charge in [0.2, 0.25) is 0 Å². The van der Waals surface area contributed by atoms with Crippen molar-refractivity contribution in [3.05, 3.63) is 35.7 Å². The number of aromatic nitrogens is 4. The van der Waals surface area contributed by atoms with Gasteiger partial charge < -0.3 is 14.5 Å². The van der Waals surface area contributed by atoms with Crippen LogP contribution < -0.4 is 5.32 Å². The second-order valence-electron chi connectivity index (χ2n) is 4.24. The van der Waals surface area contributed by atoms with Crippen LogP contribution >= 0.6 is 0 Å². The molecule has 0 saturated carbocycles. The molecule has 94 valence electrons. The molecule has 0 unspecified atom stereocenters. The van der Waals surface area contributed by atoms with Gasteiger partial charge in [0.15, 0.2) is 0 Å². The Kier molecular flexibility index (Phi) is 3.75. The van der Waals surface area contributed by atoms with Crippen molar-refractivity contribution < 1.29 is 0 Å². The van der Waals surface area contributed by atoms with Crippen LogP contribution in [0, 0.1) is 11.3 Å². The lowest BCUT2D eigenvalue weighted by Crippen LogP contribution is -2.17. The maximum Gasteiger partial charge on any atom is 0.133 e. The van der Waals surface area contributed by atoms with Crippen molar-refractivity contribution in [3.8, 4) is 6.07 Å². The molecule has 18 heavy (non-hydrogen) atoms. The fourth-order valence-electron chi connectivity index (χ4n) is 1.81. The van der Waals surface area contributed by atoms with E-state index < -0.39 is 0 Å². The Morgan fingerprint density at radius 3 is 2.83 bits per heavy atom. The first-order valence-corrected chi connectivity index (χ1v) is 5.79. The Labute approximate surface area is 106 Å². The minimum atomic E-state index is 0.681. The van der Waals surface area contributed by atoms with E-state index in [0.29, 0.717) is 5.69 Å². The summed E-state index contributed by atoms with van der Waals surface area (Å²) < 4.78 is 3.75. The topological polar surface area (TPSA) is 71.5 Å². The maximum absolute atomic E-state index is 8.85. The van der Waals surface area contributed by atoms with Crippen LogP contribution in [0.1, 0.15) is 17.1 Å². The third kappa shape index (κ3) is 2.76. The van der Waals surface area contributed by atoms with Gasteiger partial charge in [0.05, 0.1) is 0 Å². The highest BCUT2D eigenvalue weighted by atomic mass is 15.2. The first-order chi connectivity index (χ1) is 8.70. The van der Waals surface area contributed by atoms with Crippen molar-refractivity contribution in [1.82, 2.24) is 24.6 Å². The third-order valence-corrected chi connectivity index (χ3v) is 2.84. The van der Waals surface area contributed by atoms with Crippen LogP contribution in [0.15, 0.2) is 18.6 Å². The molecule has 2 heterocycles. The third-order valence-electron chi connectivity index (χ3n) is 2.84. The standard InChI is InChI=1S/C12H16N6/c1-17-8-10(5-11(17)6-13)7-14-4-3-12-16-15-9-18(12)2/h5,8-9,14H,3-4,7H2,1-2H3. The first kappa shape index (κ1) is 12.3.